The summed E-state index contributed by atoms with van der Waals surface area (Å²) in [6.07, 6.45) is 4.67. The molecular weight excluding hydrogens is 474 g/mol. The molecule has 0 radical (unpaired) electrons. The minimum absolute atomic E-state index is 0.100. The zero-order valence-electron chi connectivity index (χ0n) is 21.9. The molecule has 8 N–H and O–H groups in total. The molecule has 10 nitrogen and oxygen atoms in total. The van der Waals surface area contributed by atoms with Crippen molar-refractivity contribution < 1.29 is 24.3 Å². The lowest BCUT2D eigenvalue weighted by Gasteiger charge is -2.28. The summed E-state index contributed by atoms with van der Waals surface area (Å²) in [5.74, 6) is -1.67. The molecule has 0 saturated heterocycles. The van der Waals surface area contributed by atoms with E-state index < -0.39 is 36.0 Å². The van der Waals surface area contributed by atoms with E-state index in [1.165, 1.54) is 20.3 Å². The predicted molar refractivity (Wildman–Crippen MR) is 141 cm³/mol. The number of nitrogens with one attached hydrogen (secondary N) is 3. The molecular formula is C27H43N5O5. The van der Waals surface area contributed by atoms with Crippen LogP contribution in [0, 0.1) is 5.92 Å². The lowest BCUT2D eigenvalue weighted by Crippen LogP contribution is -2.59. The van der Waals surface area contributed by atoms with Crippen LogP contribution in [0.25, 0.3) is 0 Å². The summed E-state index contributed by atoms with van der Waals surface area (Å²) < 4.78 is 0. The lowest BCUT2D eigenvalue weighted by atomic mass is 9.83. The predicted octanol–water partition coefficient (Wildman–Crippen LogP) is 0.300. The van der Waals surface area contributed by atoms with Crippen LogP contribution in [-0.2, 0) is 25.6 Å². The van der Waals surface area contributed by atoms with Crippen LogP contribution in [0.2, 0.25) is 0 Å². The number of ketones is 1. The monoisotopic (exact) mass is 517 g/mol. The van der Waals surface area contributed by atoms with Gasteiger partial charge in [0, 0.05) is 18.9 Å². The van der Waals surface area contributed by atoms with Crippen molar-refractivity contribution in [3.63, 3.8) is 0 Å². The van der Waals surface area contributed by atoms with Gasteiger partial charge in [0.25, 0.3) is 0 Å². The molecule has 10 heteroatoms. The van der Waals surface area contributed by atoms with Gasteiger partial charge in [-0.25, -0.2) is 0 Å². The van der Waals surface area contributed by atoms with Crippen LogP contribution in [0.4, 0.5) is 0 Å². The van der Waals surface area contributed by atoms with Gasteiger partial charge < -0.3 is 32.5 Å². The molecule has 1 fully saturated rings. The van der Waals surface area contributed by atoms with Gasteiger partial charge in [0.1, 0.15) is 12.1 Å². The van der Waals surface area contributed by atoms with Crippen molar-refractivity contribution in [2.24, 2.45) is 17.4 Å². The minimum Gasteiger partial charge on any atom is -0.391 e. The van der Waals surface area contributed by atoms with E-state index in [4.69, 9.17) is 11.5 Å². The number of hydrogen-bond donors (Lipinski definition) is 6. The summed E-state index contributed by atoms with van der Waals surface area (Å²) in [6.45, 7) is 2.88. The molecule has 1 aromatic carbocycles. The Hall–Kier alpha value is -2.82. The average Bonchev–Trinajstić information content (AvgIpc) is 2.87. The third-order valence-electron chi connectivity index (χ3n) is 6.94. The van der Waals surface area contributed by atoms with Gasteiger partial charge in [0.15, 0.2) is 5.78 Å². The van der Waals surface area contributed by atoms with Gasteiger partial charge in [-0.05, 0) is 51.1 Å². The molecule has 1 saturated carbocycles. The second-order valence-corrected chi connectivity index (χ2v) is 10.1. The van der Waals surface area contributed by atoms with Crippen LogP contribution in [0.1, 0.15) is 64.4 Å². The van der Waals surface area contributed by atoms with Gasteiger partial charge in [0.05, 0.1) is 12.1 Å². The molecule has 3 amide bonds. The molecule has 0 aromatic heterocycles. The molecule has 37 heavy (non-hydrogen) atoms. The highest BCUT2D eigenvalue weighted by atomic mass is 16.3. The highest BCUT2D eigenvalue weighted by Gasteiger charge is 2.32. The van der Waals surface area contributed by atoms with Crippen molar-refractivity contribution in [1.82, 2.24) is 16.0 Å². The number of rotatable bonds is 14. The Balaban J connectivity index is 2.12. The van der Waals surface area contributed by atoms with Crippen LogP contribution in [0.3, 0.4) is 0 Å². The Morgan fingerprint density at radius 1 is 0.973 bits per heavy atom. The number of carbonyl (C=O) groups excluding carboxylic acids is 4. The second kappa shape index (κ2) is 15.4. The Morgan fingerprint density at radius 2 is 1.62 bits per heavy atom. The number of aliphatic hydroxyl groups excluding tert-OH is 1. The van der Waals surface area contributed by atoms with E-state index >= 15 is 0 Å². The quantitative estimate of drug-likeness (QED) is 0.205. The molecule has 1 aliphatic rings. The van der Waals surface area contributed by atoms with Crippen LogP contribution < -0.4 is 27.4 Å². The Bertz CT molecular complexity index is 888. The van der Waals surface area contributed by atoms with E-state index in [0.717, 1.165) is 31.2 Å². The van der Waals surface area contributed by atoms with Crippen LogP contribution >= 0.6 is 0 Å². The van der Waals surface area contributed by atoms with Crippen LogP contribution in [-0.4, -0.2) is 65.4 Å². The van der Waals surface area contributed by atoms with E-state index in [1.807, 2.05) is 30.3 Å². The van der Waals surface area contributed by atoms with Crippen molar-refractivity contribution >= 4 is 23.5 Å². The summed E-state index contributed by atoms with van der Waals surface area (Å²) in [7, 11) is 0. The van der Waals surface area contributed by atoms with Crippen molar-refractivity contribution in [2.45, 2.75) is 95.5 Å². The van der Waals surface area contributed by atoms with E-state index in [9.17, 15) is 24.3 Å². The maximum Gasteiger partial charge on any atom is 0.245 e. The summed E-state index contributed by atoms with van der Waals surface area (Å²) in [6, 6.07) is 5.75. The van der Waals surface area contributed by atoms with Crippen LogP contribution in [0.15, 0.2) is 30.3 Å². The van der Waals surface area contributed by atoms with Gasteiger partial charge in [-0.2, -0.15) is 0 Å². The lowest BCUT2D eigenvalue weighted by molar-refractivity contribution is -0.135. The Kier molecular flexibility index (Phi) is 12.7. The van der Waals surface area contributed by atoms with Gasteiger partial charge in [-0.15, -0.1) is 0 Å². The summed E-state index contributed by atoms with van der Waals surface area (Å²) >= 11 is 0. The molecule has 5 atom stereocenters. The standard InChI is InChI=1S/C27H43N5O5/c1-17(33)22(13-14-28)31-27(37)25(18(2)34)32-26(36)23(15-19-9-5-3-6-10-19)30-24(35)16-21(29)20-11-7-4-8-12-20/h3,5-6,9-10,18,20-23,25,34H,4,7-8,11-16,28-29H2,1-2H3,(H,30,35)(H,31,37)(H,32,36)/t18?,21?,22-,23-,25-/m0/s1. The van der Waals surface area contributed by atoms with Crippen molar-refractivity contribution in [1.29, 1.82) is 0 Å². The topological polar surface area (TPSA) is 177 Å². The molecule has 0 aliphatic heterocycles. The summed E-state index contributed by atoms with van der Waals surface area (Å²) in [4.78, 5) is 50.9. The fraction of sp³-hybridized carbons (Fsp3) is 0.630. The minimum atomic E-state index is -1.33. The number of carbonyl (C=O) groups is 4. The highest BCUT2D eigenvalue weighted by Crippen LogP contribution is 2.26. The molecule has 0 spiro atoms. The van der Waals surface area contributed by atoms with Gasteiger partial charge in [0.2, 0.25) is 17.7 Å². The zero-order valence-corrected chi connectivity index (χ0v) is 21.9. The smallest absolute Gasteiger partial charge is 0.245 e. The number of amides is 3. The highest BCUT2D eigenvalue weighted by molar-refractivity contribution is 5.94. The first kappa shape index (κ1) is 30.4. The summed E-state index contributed by atoms with van der Waals surface area (Å²) in [5, 5.41) is 18.1. The average molecular weight is 518 g/mol. The van der Waals surface area contributed by atoms with Crippen molar-refractivity contribution in [2.75, 3.05) is 6.54 Å². The van der Waals surface area contributed by atoms with E-state index in [1.54, 1.807) is 0 Å². The number of nitrogens with two attached hydrogens (primary N) is 2. The van der Waals surface area contributed by atoms with E-state index in [-0.39, 0.29) is 49.5 Å². The molecule has 206 valence electrons. The second-order valence-electron chi connectivity index (χ2n) is 10.1. The SMILES string of the molecule is CC(=O)[C@H](CCN)NC(=O)[C@@H](NC(=O)[C@H](Cc1ccccc1)NC(=O)CC(N)C1CCCCC1)C(C)O. The van der Waals surface area contributed by atoms with Gasteiger partial charge in [-0.3, -0.25) is 19.2 Å². The van der Waals surface area contributed by atoms with Crippen LogP contribution in [0.5, 0.6) is 0 Å². The summed E-state index contributed by atoms with van der Waals surface area (Å²) in [5.41, 5.74) is 12.7. The molecule has 1 aliphatic carbocycles. The Morgan fingerprint density at radius 3 is 2.19 bits per heavy atom. The van der Waals surface area contributed by atoms with Gasteiger partial charge >= 0.3 is 0 Å². The van der Waals surface area contributed by atoms with E-state index in [2.05, 4.69) is 16.0 Å². The Labute approximate surface area is 219 Å². The third-order valence-corrected chi connectivity index (χ3v) is 6.94. The van der Waals surface area contributed by atoms with Crippen molar-refractivity contribution in [3.8, 4) is 0 Å². The number of hydrogen-bond acceptors (Lipinski definition) is 7. The fourth-order valence-corrected chi connectivity index (χ4v) is 4.72. The van der Waals surface area contributed by atoms with E-state index in [0.29, 0.717) is 0 Å². The fourth-order valence-electron chi connectivity index (χ4n) is 4.72. The molecule has 2 unspecified atom stereocenters. The number of benzene rings is 1. The van der Waals surface area contributed by atoms with Gasteiger partial charge in [-0.1, -0.05) is 49.6 Å². The first-order valence-electron chi connectivity index (χ1n) is 13.2. The first-order chi connectivity index (χ1) is 17.6. The largest absolute Gasteiger partial charge is 0.391 e. The number of aliphatic hydroxyl groups is 1. The first-order valence-corrected chi connectivity index (χ1v) is 13.2. The zero-order chi connectivity index (χ0) is 27.4. The molecule has 1 aromatic rings. The van der Waals surface area contributed by atoms with Crippen molar-refractivity contribution in [3.05, 3.63) is 35.9 Å². The normalized spacial score (nSPS) is 18.1. The molecule has 2 rings (SSSR count). The molecule has 0 bridgehead atoms. The third kappa shape index (κ3) is 10.2. The molecule has 0 heterocycles. The number of Topliss-reactive ketones (excluding diaryl/α,β-unsaturated/α-hetero) is 1. The maximum atomic E-state index is 13.3. The maximum absolute atomic E-state index is 13.3.